The summed E-state index contributed by atoms with van der Waals surface area (Å²) in [6.07, 6.45) is 4.18. The molecule has 0 saturated carbocycles. The van der Waals surface area contributed by atoms with E-state index < -0.39 is 0 Å². The van der Waals surface area contributed by atoms with Crippen LogP contribution < -0.4 is 5.32 Å². The van der Waals surface area contributed by atoms with Gasteiger partial charge in [-0.2, -0.15) is 0 Å². The molecule has 0 unspecified atom stereocenters. The number of rotatable bonds is 4. The minimum Gasteiger partial charge on any atom is -0.352 e. The fourth-order valence-electron chi connectivity index (χ4n) is 1.26. The first kappa shape index (κ1) is 11.3. The van der Waals surface area contributed by atoms with E-state index in [4.69, 9.17) is 0 Å². The number of hydrogen-bond donors (Lipinski definition) is 2. The second kappa shape index (κ2) is 5.27. The van der Waals surface area contributed by atoms with Crippen LogP contribution in [0.4, 0.5) is 0 Å². The van der Waals surface area contributed by atoms with Gasteiger partial charge in [0.2, 0.25) is 0 Å². The summed E-state index contributed by atoms with van der Waals surface area (Å²) in [6.45, 7) is 0.583. The van der Waals surface area contributed by atoms with Crippen LogP contribution in [0.15, 0.2) is 27.6 Å². The second-order valence-corrected chi connectivity index (χ2v) is 5.47. The molecular formula is C10H10BrN3OS. The molecule has 2 heterocycles. The third kappa shape index (κ3) is 2.93. The van der Waals surface area contributed by atoms with Gasteiger partial charge < -0.3 is 10.3 Å². The number of nitrogens with one attached hydrogen (secondary N) is 2. The summed E-state index contributed by atoms with van der Waals surface area (Å²) < 4.78 is 0.962. The molecule has 1 amide bonds. The fraction of sp³-hybridized carbons (Fsp3) is 0.200. The van der Waals surface area contributed by atoms with Gasteiger partial charge in [0.15, 0.2) is 0 Å². The standard InChI is InChI=1S/C10H10BrN3OS/c11-8-5-7(6-16-8)10(15)14-2-1-9-12-3-4-13-9/h3-6H,1-2H2,(H,12,13)(H,14,15). The Labute approximate surface area is 105 Å². The van der Waals surface area contributed by atoms with Gasteiger partial charge in [-0.1, -0.05) is 0 Å². The molecule has 2 aromatic rings. The summed E-state index contributed by atoms with van der Waals surface area (Å²) in [4.78, 5) is 18.7. The van der Waals surface area contributed by atoms with Crippen LogP contribution in [0.5, 0.6) is 0 Å². The van der Waals surface area contributed by atoms with Gasteiger partial charge in [0.05, 0.1) is 9.35 Å². The van der Waals surface area contributed by atoms with Crippen LogP contribution in [-0.2, 0) is 6.42 Å². The van der Waals surface area contributed by atoms with E-state index in [0.717, 1.165) is 9.61 Å². The van der Waals surface area contributed by atoms with Crippen LogP contribution in [0.2, 0.25) is 0 Å². The van der Waals surface area contributed by atoms with E-state index in [-0.39, 0.29) is 5.91 Å². The zero-order valence-electron chi connectivity index (χ0n) is 8.37. The van der Waals surface area contributed by atoms with Crippen LogP contribution in [0.3, 0.4) is 0 Å². The lowest BCUT2D eigenvalue weighted by Crippen LogP contribution is -2.25. The van der Waals surface area contributed by atoms with E-state index >= 15 is 0 Å². The highest BCUT2D eigenvalue weighted by Gasteiger charge is 2.07. The van der Waals surface area contributed by atoms with E-state index in [1.54, 1.807) is 12.4 Å². The van der Waals surface area contributed by atoms with E-state index in [1.807, 2.05) is 11.4 Å². The zero-order valence-corrected chi connectivity index (χ0v) is 10.8. The Morgan fingerprint density at radius 3 is 3.12 bits per heavy atom. The lowest BCUT2D eigenvalue weighted by atomic mass is 10.3. The third-order valence-corrected chi connectivity index (χ3v) is 3.54. The molecule has 0 radical (unpaired) electrons. The van der Waals surface area contributed by atoms with Gasteiger partial charge in [-0.05, 0) is 22.0 Å². The van der Waals surface area contributed by atoms with Crippen molar-refractivity contribution >= 4 is 33.2 Å². The number of carbonyl (C=O) groups is 1. The topological polar surface area (TPSA) is 57.8 Å². The number of nitrogens with zero attached hydrogens (tertiary/aromatic N) is 1. The summed E-state index contributed by atoms with van der Waals surface area (Å²) >= 11 is 4.82. The summed E-state index contributed by atoms with van der Waals surface area (Å²) in [5.74, 6) is 0.834. The zero-order chi connectivity index (χ0) is 11.4. The maximum atomic E-state index is 11.6. The van der Waals surface area contributed by atoms with Gasteiger partial charge in [0.1, 0.15) is 5.82 Å². The number of aromatic nitrogens is 2. The number of imidazole rings is 1. The van der Waals surface area contributed by atoms with Crippen molar-refractivity contribution in [1.29, 1.82) is 0 Å². The van der Waals surface area contributed by atoms with Gasteiger partial charge >= 0.3 is 0 Å². The summed E-state index contributed by atoms with van der Waals surface area (Å²) in [7, 11) is 0. The smallest absolute Gasteiger partial charge is 0.252 e. The minimum atomic E-state index is -0.0477. The molecule has 0 aliphatic carbocycles. The van der Waals surface area contributed by atoms with Crippen molar-refractivity contribution in [3.63, 3.8) is 0 Å². The molecule has 4 nitrogen and oxygen atoms in total. The van der Waals surface area contributed by atoms with Gasteiger partial charge in [-0.25, -0.2) is 4.98 Å². The van der Waals surface area contributed by atoms with Crippen molar-refractivity contribution in [2.75, 3.05) is 6.54 Å². The Morgan fingerprint density at radius 1 is 1.62 bits per heavy atom. The predicted molar refractivity (Wildman–Crippen MR) is 66.6 cm³/mol. The van der Waals surface area contributed by atoms with Crippen molar-refractivity contribution in [3.05, 3.63) is 39.0 Å². The lowest BCUT2D eigenvalue weighted by Gasteiger charge is -2.01. The van der Waals surface area contributed by atoms with Crippen LogP contribution in [0.1, 0.15) is 16.2 Å². The average Bonchev–Trinajstić information content (AvgIpc) is 2.89. The maximum Gasteiger partial charge on any atom is 0.252 e. The monoisotopic (exact) mass is 299 g/mol. The molecule has 0 atom stereocenters. The van der Waals surface area contributed by atoms with E-state index in [2.05, 4.69) is 31.2 Å². The maximum absolute atomic E-state index is 11.6. The predicted octanol–water partition coefficient (Wildman–Crippen LogP) is 2.21. The number of amides is 1. The first-order valence-electron chi connectivity index (χ1n) is 4.76. The van der Waals surface area contributed by atoms with E-state index in [9.17, 15) is 4.79 Å². The molecule has 2 aromatic heterocycles. The molecule has 0 bridgehead atoms. The molecular weight excluding hydrogens is 290 g/mol. The Hall–Kier alpha value is -1.14. The molecule has 0 aromatic carbocycles. The van der Waals surface area contributed by atoms with Crippen molar-refractivity contribution in [2.24, 2.45) is 0 Å². The quantitative estimate of drug-likeness (QED) is 0.909. The van der Waals surface area contributed by atoms with Crippen molar-refractivity contribution in [3.8, 4) is 0 Å². The molecule has 0 saturated heterocycles. The summed E-state index contributed by atoms with van der Waals surface area (Å²) in [5, 5.41) is 4.66. The van der Waals surface area contributed by atoms with Gasteiger partial charge in [-0.3, -0.25) is 4.79 Å². The van der Waals surface area contributed by atoms with Crippen molar-refractivity contribution < 1.29 is 4.79 Å². The van der Waals surface area contributed by atoms with Crippen LogP contribution in [0, 0.1) is 0 Å². The number of aromatic amines is 1. The second-order valence-electron chi connectivity index (χ2n) is 3.18. The highest BCUT2D eigenvalue weighted by atomic mass is 79.9. The number of hydrogen-bond acceptors (Lipinski definition) is 3. The van der Waals surface area contributed by atoms with Crippen molar-refractivity contribution in [2.45, 2.75) is 6.42 Å². The highest BCUT2D eigenvalue weighted by molar-refractivity contribution is 9.11. The summed E-state index contributed by atoms with van der Waals surface area (Å²) in [6, 6.07) is 1.81. The largest absolute Gasteiger partial charge is 0.352 e. The number of H-pyrrole nitrogens is 1. The Morgan fingerprint density at radius 2 is 2.50 bits per heavy atom. The summed E-state index contributed by atoms with van der Waals surface area (Å²) in [5.41, 5.74) is 0.691. The van der Waals surface area contributed by atoms with E-state index in [0.29, 0.717) is 18.5 Å². The molecule has 0 aliphatic rings. The third-order valence-electron chi connectivity index (χ3n) is 2.03. The van der Waals surface area contributed by atoms with Gasteiger partial charge in [0.25, 0.3) is 5.91 Å². The highest BCUT2D eigenvalue weighted by Crippen LogP contribution is 2.20. The van der Waals surface area contributed by atoms with Crippen molar-refractivity contribution in [1.82, 2.24) is 15.3 Å². The molecule has 0 aliphatic heterocycles. The number of carbonyl (C=O) groups excluding carboxylic acids is 1. The minimum absolute atomic E-state index is 0.0477. The lowest BCUT2D eigenvalue weighted by molar-refractivity contribution is 0.0954. The number of halogens is 1. The van der Waals surface area contributed by atoms with Crippen LogP contribution in [0.25, 0.3) is 0 Å². The average molecular weight is 300 g/mol. The Bertz CT molecular complexity index is 466. The molecule has 0 spiro atoms. The Balaban J connectivity index is 1.80. The molecule has 2 N–H and O–H groups in total. The van der Waals surface area contributed by atoms with Gasteiger partial charge in [-0.15, -0.1) is 11.3 Å². The van der Waals surface area contributed by atoms with Crippen LogP contribution >= 0.6 is 27.3 Å². The molecule has 6 heteroatoms. The molecule has 84 valence electrons. The van der Waals surface area contributed by atoms with Crippen LogP contribution in [-0.4, -0.2) is 22.4 Å². The first-order valence-corrected chi connectivity index (χ1v) is 6.43. The number of thiophene rings is 1. The molecule has 2 rings (SSSR count). The van der Waals surface area contributed by atoms with Gasteiger partial charge in [0, 0.05) is 30.7 Å². The first-order chi connectivity index (χ1) is 7.75. The molecule has 0 fully saturated rings. The molecule has 16 heavy (non-hydrogen) atoms. The normalized spacial score (nSPS) is 10.3. The van der Waals surface area contributed by atoms with E-state index in [1.165, 1.54) is 11.3 Å². The fourth-order valence-corrected chi connectivity index (χ4v) is 2.40. The SMILES string of the molecule is O=C(NCCc1ncc[nH]1)c1csc(Br)c1. The Kier molecular flexibility index (Phi) is 3.74.